The summed E-state index contributed by atoms with van der Waals surface area (Å²) >= 11 is 0. The number of carbonyl (C=O) groups excluding carboxylic acids is 1. The highest BCUT2D eigenvalue weighted by Crippen LogP contribution is 2.44. The third kappa shape index (κ3) is 5.05. The van der Waals surface area contributed by atoms with Gasteiger partial charge in [-0.3, -0.25) is 4.79 Å². The van der Waals surface area contributed by atoms with Crippen molar-refractivity contribution in [3.05, 3.63) is 17.7 Å². The number of hydrogen-bond acceptors (Lipinski definition) is 7. The maximum absolute atomic E-state index is 12.6. The van der Waals surface area contributed by atoms with Crippen molar-refractivity contribution < 1.29 is 19.0 Å². The molecule has 1 amide bonds. The monoisotopic (exact) mass is 418 g/mol. The van der Waals surface area contributed by atoms with Crippen LogP contribution in [0.3, 0.4) is 0 Å². The van der Waals surface area contributed by atoms with Crippen molar-refractivity contribution >= 4 is 22.6 Å². The lowest BCUT2D eigenvalue weighted by molar-refractivity contribution is -0.131. The molecule has 1 heterocycles. The van der Waals surface area contributed by atoms with Crippen LogP contribution in [0.15, 0.2) is 12.1 Å². The van der Waals surface area contributed by atoms with Gasteiger partial charge in [0.05, 0.1) is 26.8 Å². The molecule has 0 atom stereocenters. The van der Waals surface area contributed by atoms with E-state index in [0.29, 0.717) is 36.8 Å². The van der Waals surface area contributed by atoms with Crippen molar-refractivity contribution in [1.82, 2.24) is 14.8 Å². The number of benzene rings is 1. The highest BCUT2D eigenvalue weighted by atomic mass is 16.5. The Morgan fingerprint density at radius 2 is 1.63 bits per heavy atom. The van der Waals surface area contributed by atoms with Crippen LogP contribution in [0.1, 0.15) is 18.9 Å². The average molecular weight is 419 g/mol. The largest absolute Gasteiger partial charge is 0.493 e. The molecule has 0 fully saturated rings. The second-order valence-corrected chi connectivity index (χ2v) is 7.55. The number of methoxy groups -OCH3 is 3. The quantitative estimate of drug-likeness (QED) is 0.588. The molecule has 1 aromatic carbocycles. The summed E-state index contributed by atoms with van der Waals surface area (Å²) in [6.07, 6.45) is 0.458. The van der Waals surface area contributed by atoms with Gasteiger partial charge in [-0.1, -0.05) is 6.92 Å². The van der Waals surface area contributed by atoms with Gasteiger partial charge in [0.1, 0.15) is 5.82 Å². The van der Waals surface area contributed by atoms with E-state index >= 15 is 0 Å². The fourth-order valence-corrected chi connectivity index (χ4v) is 3.37. The van der Waals surface area contributed by atoms with Crippen molar-refractivity contribution in [2.45, 2.75) is 19.9 Å². The molecule has 0 N–H and O–H groups in total. The molecule has 0 unspecified atom stereocenters. The second-order valence-electron chi connectivity index (χ2n) is 7.55. The van der Waals surface area contributed by atoms with Crippen LogP contribution in [0.25, 0.3) is 10.9 Å². The van der Waals surface area contributed by atoms with Gasteiger partial charge >= 0.3 is 0 Å². The Labute approximate surface area is 179 Å². The molecule has 30 heavy (non-hydrogen) atoms. The fraction of sp³-hybridized carbons (Fsp3) is 0.545. The minimum absolute atomic E-state index is 0.112. The molecule has 0 aliphatic rings. The summed E-state index contributed by atoms with van der Waals surface area (Å²) in [6, 6.07) is 3.87. The molecule has 8 heteroatoms. The summed E-state index contributed by atoms with van der Waals surface area (Å²) in [5, 5.41) is 0.812. The maximum Gasteiger partial charge on any atom is 0.222 e. The van der Waals surface area contributed by atoms with Gasteiger partial charge in [0.25, 0.3) is 0 Å². The van der Waals surface area contributed by atoms with Gasteiger partial charge in [-0.2, -0.15) is 0 Å². The summed E-state index contributed by atoms with van der Waals surface area (Å²) < 4.78 is 16.6. The minimum atomic E-state index is 0.112. The highest BCUT2D eigenvalue weighted by molar-refractivity contribution is 5.92. The van der Waals surface area contributed by atoms with Gasteiger partial charge in [0.2, 0.25) is 11.7 Å². The van der Waals surface area contributed by atoms with E-state index in [9.17, 15) is 4.79 Å². The Kier molecular flexibility index (Phi) is 8.11. The summed E-state index contributed by atoms with van der Waals surface area (Å²) in [5.41, 5.74) is 1.68. The van der Waals surface area contributed by atoms with Gasteiger partial charge in [-0.15, -0.1) is 0 Å². The van der Waals surface area contributed by atoms with Crippen LogP contribution >= 0.6 is 0 Å². The SMILES string of the molecule is CCC(=O)N(CCN(C)C)Cc1cc2c(OC)c(OC)c(OC)cc2nc1N(C)C. The number of ether oxygens (including phenoxy) is 3. The number of fused-ring (bicyclic) bond motifs is 1. The molecule has 0 aliphatic carbocycles. The first-order chi connectivity index (χ1) is 14.3. The van der Waals surface area contributed by atoms with Crippen molar-refractivity contribution in [2.75, 3.05) is 67.5 Å². The Morgan fingerprint density at radius 1 is 0.967 bits per heavy atom. The van der Waals surface area contributed by atoms with Crippen LogP contribution in [0.4, 0.5) is 5.82 Å². The number of nitrogens with zero attached hydrogens (tertiary/aromatic N) is 4. The Bertz CT molecular complexity index is 883. The lowest BCUT2D eigenvalue weighted by atomic mass is 10.1. The number of pyridine rings is 1. The summed E-state index contributed by atoms with van der Waals surface area (Å²) in [5.74, 6) is 2.55. The molecule has 0 radical (unpaired) electrons. The molecule has 2 rings (SSSR count). The van der Waals surface area contributed by atoms with E-state index in [1.807, 2.05) is 57.0 Å². The molecular formula is C22H34N4O4. The van der Waals surface area contributed by atoms with Crippen molar-refractivity contribution in [2.24, 2.45) is 0 Å². The zero-order chi connectivity index (χ0) is 22.4. The van der Waals surface area contributed by atoms with Crippen LogP contribution in [0, 0.1) is 0 Å². The second kappa shape index (κ2) is 10.3. The van der Waals surface area contributed by atoms with E-state index < -0.39 is 0 Å². The van der Waals surface area contributed by atoms with Crippen molar-refractivity contribution in [3.63, 3.8) is 0 Å². The number of rotatable bonds is 10. The Morgan fingerprint density at radius 3 is 2.13 bits per heavy atom. The first-order valence-electron chi connectivity index (χ1n) is 9.99. The normalized spacial score (nSPS) is 11.0. The topological polar surface area (TPSA) is 67.4 Å². The van der Waals surface area contributed by atoms with Gasteiger partial charge in [-0.05, 0) is 20.2 Å². The van der Waals surface area contributed by atoms with Crippen LogP contribution in [-0.4, -0.2) is 83.3 Å². The summed E-state index contributed by atoms with van der Waals surface area (Å²) in [4.78, 5) is 23.4. The predicted molar refractivity (Wildman–Crippen MR) is 120 cm³/mol. The number of anilines is 1. The lowest BCUT2D eigenvalue weighted by Crippen LogP contribution is -2.36. The van der Waals surface area contributed by atoms with Crippen LogP contribution in [0.5, 0.6) is 17.2 Å². The first kappa shape index (κ1) is 23.5. The van der Waals surface area contributed by atoms with E-state index in [1.165, 1.54) is 0 Å². The van der Waals surface area contributed by atoms with E-state index in [4.69, 9.17) is 19.2 Å². The molecule has 0 saturated carbocycles. The van der Waals surface area contributed by atoms with Gasteiger partial charge in [-0.25, -0.2) is 4.98 Å². The molecule has 166 valence electrons. The summed E-state index contributed by atoms with van der Waals surface area (Å²) in [6.45, 7) is 3.79. The minimum Gasteiger partial charge on any atom is -0.493 e. The van der Waals surface area contributed by atoms with Gasteiger partial charge in [0, 0.05) is 57.2 Å². The molecule has 0 aliphatic heterocycles. The van der Waals surface area contributed by atoms with Gasteiger partial charge < -0.3 is 28.9 Å². The van der Waals surface area contributed by atoms with Crippen molar-refractivity contribution in [3.8, 4) is 17.2 Å². The molecule has 8 nitrogen and oxygen atoms in total. The van der Waals surface area contributed by atoms with E-state index in [2.05, 4.69) is 4.90 Å². The smallest absolute Gasteiger partial charge is 0.222 e. The highest BCUT2D eigenvalue weighted by Gasteiger charge is 2.21. The van der Waals surface area contributed by atoms with Gasteiger partial charge in [0.15, 0.2) is 11.5 Å². The van der Waals surface area contributed by atoms with Crippen molar-refractivity contribution in [1.29, 1.82) is 0 Å². The van der Waals surface area contributed by atoms with Crippen LogP contribution in [0.2, 0.25) is 0 Å². The molecule has 0 spiro atoms. The van der Waals surface area contributed by atoms with Crippen LogP contribution in [-0.2, 0) is 11.3 Å². The molecule has 2 aromatic rings. The van der Waals surface area contributed by atoms with E-state index in [0.717, 1.165) is 28.8 Å². The predicted octanol–water partition coefficient (Wildman–Crippen LogP) is 2.63. The van der Waals surface area contributed by atoms with Crippen LogP contribution < -0.4 is 19.1 Å². The summed E-state index contributed by atoms with van der Waals surface area (Å²) in [7, 11) is 12.7. The number of likely N-dealkylation sites (N-methyl/N-ethyl adjacent to an activating group) is 1. The Balaban J connectivity index is 2.64. The lowest BCUT2D eigenvalue weighted by Gasteiger charge is -2.27. The first-order valence-corrected chi connectivity index (χ1v) is 9.99. The standard InChI is InChI=1S/C22H34N4O4/c1-9-19(27)26(11-10-24(2)3)14-15-12-16-17(23-22(15)25(4)5)13-18(28-6)21(30-8)20(16)29-7/h12-13H,9-11,14H2,1-8H3. The van der Waals surface area contributed by atoms with E-state index in [-0.39, 0.29) is 5.91 Å². The molecule has 1 aromatic heterocycles. The number of amides is 1. The number of hydrogen-bond donors (Lipinski definition) is 0. The zero-order valence-electron chi connectivity index (χ0n) is 19.4. The number of carbonyl (C=O) groups is 1. The fourth-order valence-electron chi connectivity index (χ4n) is 3.37. The number of aromatic nitrogens is 1. The average Bonchev–Trinajstić information content (AvgIpc) is 2.73. The zero-order valence-corrected chi connectivity index (χ0v) is 19.4. The third-order valence-corrected chi connectivity index (χ3v) is 4.94. The maximum atomic E-state index is 12.6. The van der Waals surface area contributed by atoms with E-state index in [1.54, 1.807) is 21.3 Å². The third-order valence-electron chi connectivity index (χ3n) is 4.94. The molecule has 0 bridgehead atoms. The molecular weight excluding hydrogens is 384 g/mol. The Hall–Kier alpha value is -2.74. The molecule has 0 saturated heterocycles.